The van der Waals surface area contributed by atoms with Crippen LogP contribution in [0, 0.1) is 17.8 Å². The Morgan fingerprint density at radius 2 is 1.76 bits per heavy atom. The quantitative estimate of drug-likeness (QED) is 0.0657. The van der Waals surface area contributed by atoms with Gasteiger partial charge < -0.3 is 48.9 Å². The minimum atomic E-state index is -1.48. The Labute approximate surface area is 324 Å². The summed E-state index contributed by atoms with van der Waals surface area (Å²) in [6.07, 6.45) is 7.92. The average molecular weight is 767 g/mol. The lowest BCUT2D eigenvalue weighted by Gasteiger charge is -2.59. The first-order valence-electron chi connectivity index (χ1n) is 19.5. The van der Waals surface area contributed by atoms with Crippen LogP contribution in [-0.2, 0) is 30.4 Å². The summed E-state index contributed by atoms with van der Waals surface area (Å²) in [6, 6.07) is 14.0. The lowest BCUT2D eigenvalue weighted by atomic mass is 9.55. The number of phenolic OH excluding ortho intramolecular Hbond substituents is 1. The summed E-state index contributed by atoms with van der Waals surface area (Å²) in [6.45, 7) is 4.85. The largest absolute Gasteiger partial charge is 0.508 e. The molecule has 4 N–H and O–H groups in total. The fraction of sp³-hybridized carbons (Fsp3) is 0.571. The second-order valence-corrected chi connectivity index (χ2v) is 14.2. The number of benzene rings is 2. The third-order valence-electron chi connectivity index (χ3n) is 10.7. The van der Waals surface area contributed by atoms with E-state index in [0.29, 0.717) is 30.9 Å². The predicted octanol–water partition coefficient (Wildman–Crippen LogP) is 5.32. The van der Waals surface area contributed by atoms with E-state index >= 15 is 0 Å². The normalized spacial score (nSPS) is 24.6. The molecule has 1 fully saturated rings. The predicted molar refractivity (Wildman–Crippen MR) is 206 cm³/mol. The molecular formula is C42H58N2O11. The van der Waals surface area contributed by atoms with Crippen LogP contribution in [0.4, 0.5) is 4.79 Å². The van der Waals surface area contributed by atoms with Gasteiger partial charge in [0.1, 0.15) is 31.3 Å². The number of hydrogen-bond donors (Lipinski definition) is 4. The lowest BCUT2D eigenvalue weighted by molar-refractivity contribution is -0.256. The summed E-state index contributed by atoms with van der Waals surface area (Å²) >= 11 is 0. The zero-order valence-electron chi connectivity index (χ0n) is 31.9. The third-order valence-corrected chi connectivity index (χ3v) is 10.7. The molecule has 55 heavy (non-hydrogen) atoms. The fourth-order valence-corrected chi connectivity index (χ4v) is 8.51. The van der Waals surface area contributed by atoms with E-state index in [0.717, 1.165) is 42.4 Å². The van der Waals surface area contributed by atoms with Crippen LogP contribution < -0.4 is 4.74 Å². The number of aromatic hydroxyl groups is 1. The second kappa shape index (κ2) is 21.4. The maximum absolute atomic E-state index is 14.3. The maximum Gasteiger partial charge on any atom is 0.410 e. The molecule has 0 aromatic heterocycles. The molecule has 1 saturated carbocycles. The summed E-state index contributed by atoms with van der Waals surface area (Å²) in [5.74, 6) is -1.55. The first-order valence-corrected chi connectivity index (χ1v) is 19.5. The van der Waals surface area contributed by atoms with Gasteiger partial charge in [0.2, 0.25) is 5.79 Å². The van der Waals surface area contributed by atoms with Crippen LogP contribution >= 0.6 is 0 Å². The number of carbonyl (C=O) groups excluding carboxylic acids is 1. The van der Waals surface area contributed by atoms with Crippen LogP contribution in [0.2, 0.25) is 0 Å². The minimum absolute atomic E-state index is 0.00542. The number of fused-ring (bicyclic) bond motifs is 2. The van der Waals surface area contributed by atoms with Crippen molar-refractivity contribution in [3.05, 3.63) is 84.0 Å². The van der Waals surface area contributed by atoms with Gasteiger partial charge in [-0.1, -0.05) is 60.5 Å². The minimum Gasteiger partial charge on any atom is -0.508 e. The average Bonchev–Trinajstić information content (AvgIpc) is 3.19. The zero-order chi connectivity index (χ0) is 39.0. The third kappa shape index (κ3) is 10.3. The van der Waals surface area contributed by atoms with E-state index in [1.54, 1.807) is 29.2 Å². The van der Waals surface area contributed by atoms with Gasteiger partial charge in [-0.3, -0.25) is 4.90 Å². The van der Waals surface area contributed by atoms with Gasteiger partial charge >= 0.3 is 6.09 Å². The molecule has 5 rings (SSSR count). The van der Waals surface area contributed by atoms with Crippen molar-refractivity contribution in [3.63, 3.8) is 0 Å². The van der Waals surface area contributed by atoms with Crippen molar-refractivity contribution < 1.29 is 53.7 Å². The molecule has 1 aliphatic heterocycles. The smallest absolute Gasteiger partial charge is 0.410 e. The number of ether oxygens (including phenoxy) is 5. The van der Waals surface area contributed by atoms with E-state index in [9.17, 15) is 25.2 Å². The topological polar surface area (TPSA) is 169 Å². The number of aliphatic hydroxyl groups is 3. The number of allylic oxidation sites excluding steroid dienone is 1. The molecule has 2 aromatic carbocycles. The molecular weight excluding hydrogens is 708 g/mol. The van der Waals surface area contributed by atoms with Crippen molar-refractivity contribution in [3.8, 4) is 11.5 Å². The molecule has 0 radical (unpaired) electrons. The molecule has 0 spiro atoms. The van der Waals surface area contributed by atoms with E-state index in [4.69, 9.17) is 28.5 Å². The summed E-state index contributed by atoms with van der Waals surface area (Å²) in [4.78, 5) is 21.4. The van der Waals surface area contributed by atoms with E-state index in [1.807, 2.05) is 30.3 Å². The highest BCUT2D eigenvalue weighted by Gasteiger charge is 2.65. The van der Waals surface area contributed by atoms with Crippen molar-refractivity contribution in [1.82, 2.24) is 4.90 Å². The van der Waals surface area contributed by atoms with Crippen LogP contribution in [0.3, 0.4) is 0 Å². The van der Waals surface area contributed by atoms with Gasteiger partial charge in [0.05, 0.1) is 51.3 Å². The highest BCUT2D eigenvalue weighted by atomic mass is 16.7. The number of carbonyl (C=O) groups is 1. The van der Waals surface area contributed by atoms with Gasteiger partial charge in [-0.25, -0.2) is 4.79 Å². The Hall–Kier alpha value is -3.98. The van der Waals surface area contributed by atoms with Crippen molar-refractivity contribution in [2.24, 2.45) is 22.9 Å². The Morgan fingerprint density at radius 3 is 2.49 bits per heavy atom. The van der Waals surface area contributed by atoms with E-state index in [2.05, 4.69) is 17.8 Å². The van der Waals surface area contributed by atoms with Gasteiger partial charge in [0.25, 0.3) is 0 Å². The molecule has 2 aromatic rings. The van der Waals surface area contributed by atoms with Gasteiger partial charge in [0.15, 0.2) is 0 Å². The first-order chi connectivity index (χ1) is 26.9. The molecule has 6 atom stereocenters. The summed E-state index contributed by atoms with van der Waals surface area (Å²) in [5, 5.41) is 44.3. The van der Waals surface area contributed by atoms with E-state index in [-0.39, 0.29) is 89.3 Å². The Balaban J connectivity index is 1.59. The molecule has 13 heteroatoms. The van der Waals surface area contributed by atoms with Crippen molar-refractivity contribution in [2.45, 2.75) is 69.3 Å². The number of oxime groups is 1. The number of amides is 1. The zero-order valence-corrected chi connectivity index (χ0v) is 31.9. The number of aliphatic hydroxyl groups excluding tert-OH is 3. The second-order valence-electron chi connectivity index (χ2n) is 14.2. The highest BCUT2D eigenvalue weighted by molar-refractivity contribution is 6.02. The monoisotopic (exact) mass is 766 g/mol. The molecule has 0 saturated heterocycles. The molecule has 302 valence electrons. The number of unbranched alkanes of at least 4 members (excludes halogenated alkanes) is 2. The van der Waals surface area contributed by atoms with Gasteiger partial charge in [-0.15, -0.1) is 6.58 Å². The SMILES string of the molecule is C=CCO[C@@]12Oc3ccc(O)cc3[C@H]3[C@H](CCCCO)[C@@H](CCCCO)C=C(C(=NOC)C[C@@H]1N(CCOCCO)C(=O)OCCOCc1ccccc1)[C@H]32. The molecule has 13 nitrogen and oxygen atoms in total. The molecule has 0 bridgehead atoms. The first kappa shape index (κ1) is 42.2. The van der Waals surface area contributed by atoms with Crippen molar-refractivity contribution in [2.75, 3.05) is 66.5 Å². The molecule has 1 heterocycles. The van der Waals surface area contributed by atoms with Crippen molar-refractivity contribution >= 4 is 11.8 Å². The van der Waals surface area contributed by atoms with Gasteiger partial charge in [0, 0.05) is 37.7 Å². The van der Waals surface area contributed by atoms with Crippen LogP contribution in [0.15, 0.2) is 78.0 Å². The van der Waals surface area contributed by atoms with Crippen LogP contribution in [-0.4, -0.2) is 115 Å². The fourth-order valence-electron chi connectivity index (χ4n) is 8.51. The number of rotatable bonds is 23. The molecule has 2 aliphatic carbocycles. The van der Waals surface area contributed by atoms with Crippen LogP contribution in [0.1, 0.15) is 62.0 Å². The standard InChI is InChI=1S/C42H58N2O11/c1-3-21-54-42-38(44(17-22-51-23-20-47)41(49)53-25-24-52-29-30-11-5-4-6-12-30)28-36(43-50-2)34-26-31(13-7-9-18-45)33(14-8-10-19-46)39(40(34)42)35-27-32(48)15-16-37(35)55-42/h3-6,11-12,15-16,26-27,31,33,38-40,45-48H,1,7-10,13-14,17-25,28-29H2,2H3/t31-,33+,38-,39+,40+,42+/m0/s1. The lowest BCUT2D eigenvalue weighted by Crippen LogP contribution is -2.70. The summed E-state index contributed by atoms with van der Waals surface area (Å²) < 4.78 is 31.3. The molecule has 1 amide bonds. The number of hydrogen-bond acceptors (Lipinski definition) is 12. The van der Waals surface area contributed by atoms with Crippen molar-refractivity contribution in [1.29, 1.82) is 0 Å². The Kier molecular flexibility index (Phi) is 16.4. The Bertz CT molecular complexity index is 1570. The summed E-state index contributed by atoms with van der Waals surface area (Å²) in [7, 11) is 1.49. The maximum atomic E-state index is 14.3. The van der Waals surface area contributed by atoms with Crippen LogP contribution in [0.25, 0.3) is 0 Å². The number of nitrogens with zero attached hydrogens (tertiary/aromatic N) is 2. The molecule has 0 unspecified atom stereocenters. The number of phenols is 1. The van der Waals surface area contributed by atoms with Gasteiger partial charge in [-0.2, -0.15) is 0 Å². The van der Waals surface area contributed by atoms with E-state index in [1.165, 1.54) is 7.11 Å². The highest BCUT2D eigenvalue weighted by Crippen LogP contribution is 2.61. The summed E-state index contributed by atoms with van der Waals surface area (Å²) in [5.41, 5.74) is 3.34. The van der Waals surface area contributed by atoms with Gasteiger partial charge in [-0.05, 0) is 66.9 Å². The Morgan fingerprint density at radius 1 is 0.982 bits per heavy atom. The van der Waals surface area contributed by atoms with Crippen LogP contribution in [0.5, 0.6) is 11.5 Å². The molecule has 3 aliphatic rings. The van der Waals surface area contributed by atoms with E-state index < -0.39 is 23.8 Å².